The monoisotopic (exact) mass is 484 g/mol. The van der Waals surface area contributed by atoms with E-state index in [-0.39, 0.29) is 29.6 Å². The molecule has 0 bridgehead atoms. The van der Waals surface area contributed by atoms with Crippen LogP contribution in [0.5, 0.6) is 0 Å². The van der Waals surface area contributed by atoms with E-state index in [1.165, 1.54) is 5.69 Å². The quantitative estimate of drug-likeness (QED) is 0.490. The van der Waals surface area contributed by atoms with Gasteiger partial charge in [0.25, 0.3) is 0 Å². The third kappa shape index (κ3) is 7.04. The van der Waals surface area contributed by atoms with Crippen molar-refractivity contribution >= 4 is 23.5 Å². The van der Waals surface area contributed by atoms with Crippen LogP contribution in [0.15, 0.2) is 24.3 Å². The number of piperazine rings is 1. The standard InChI is InChI=1S/C27H40N4O4/c1-27(2,3)35-26(34)21-10-12-29(13-11-21)14-15-30-16-18-31(19-17-30)22-6-4-20(5-7-22)23-8-9-24(32)28-25(23)33/h4-7,21,23H,8-19H2,1-3H3,(H,28,32,33). The lowest BCUT2D eigenvalue weighted by Gasteiger charge is -2.38. The second kappa shape index (κ2) is 11.1. The number of likely N-dealkylation sites (tertiary alicyclic amines) is 1. The van der Waals surface area contributed by atoms with E-state index in [0.29, 0.717) is 12.8 Å². The van der Waals surface area contributed by atoms with E-state index in [1.807, 2.05) is 32.9 Å². The Kier molecular flexibility index (Phi) is 8.12. The molecule has 0 aromatic heterocycles. The van der Waals surface area contributed by atoms with Crippen LogP contribution in [0.2, 0.25) is 0 Å². The maximum atomic E-state index is 12.3. The number of hydrogen-bond acceptors (Lipinski definition) is 7. The fourth-order valence-electron chi connectivity index (χ4n) is 5.22. The first kappa shape index (κ1) is 25.6. The number of nitrogens with one attached hydrogen (secondary N) is 1. The van der Waals surface area contributed by atoms with E-state index in [4.69, 9.17) is 4.74 Å². The zero-order chi connectivity index (χ0) is 25.0. The van der Waals surface area contributed by atoms with Crippen molar-refractivity contribution in [3.8, 4) is 0 Å². The molecule has 4 rings (SSSR count). The minimum absolute atomic E-state index is 0.0374. The highest BCUT2D eigenvalue weighted by Crippen LogP contribution is 2.27. The molecule has 3 heterocycles. The average Bonchev–Trinajstić information content (AvgIpc) is 2.83. The largest absolute Gasteiger partial charge is 0.460 e. The normalized spacial score (nSPS) is 23.3. The molecule has 8 heteroatoms. The summed E-state index contributed by atoms with van der Waals surface area (Å²) in [5, 5.41) is 2.44. The molecule has 1 unspecified atom stereocenters. The van der Waals surface area contributed by atoms with Crippen molar-refractivity contribution in [2.24, 2.45) is 5.92 Å². The lowest BCUT2D eigenvalue weighted by Crippen LogP contribution is -2.49. The average molecular weight is 485 g/mol. The molecule has 3 aliphatic rings. The van der Waals surface area contributed by atoms with Gasteiger partial charge in [-0.05, 0) is 70.8 Å². The third-order valence-electron chi connectivity index (χ3n) is 7.33. The fourth-order valence-corrected chi connectivity index (χ4v) is 5.22. The van der Waals surface area contributed by atoms with Crippen LogP contribution in [0, 0.1) is 5.92 Å². The number of anilines is 1. The third-order valence-corrected chi connectivity index (χ3v) is 7.33. The van der Waals surface area contributed by atoms with E-state index in [2.05, 4.69) is 32.1 Å². The summed E-state index contributed by atoms with van der Waals surface area (Å²) in [5.41, 5.74) is 1.75. The summed E-state index contributed by atoms with van der Waals surface area (Å²) in [4.78, 5) is 43.2. The molecular weight excluding hydrogens is 444 g/mol. The molecule has 192 valence electrons. The van der Waals surface area contributed by atoms with Crippen molar-refractivity contribution in [2.45, 2.75) is 58.0 Å². The topological polar surface area (TPSA) is 82.2 Å². The molecule has 3 aliphatic heterocycles. The molecular formula is C27H40N4O4. The van der Waals surface area contributed by atoms with Gasteiger partial charge in [0.1, 0.15) is 5.60 Å². The molecule has 2 amide bonds. The van der Waals surface area contributed by atoms with E-state index in [0.717, 1.165) is 70.8 Å². The molecule has 1 N–H and O–H groups in total. The number of imide groups is 1. The van der Waals surface area contributed by atoms with E-state index >= 15 is 0 Å². The summed E-state index contributed by atoms with van der Waals surface area (Å²) in [5.74, 6) is -0.593. The number of hydrogen-bond donors (Lipinski definition) is 1. The van der Waals surface area contributed by atoms with Gasteiger partial charge in [-0.2, -0.15) is 0 Å². The van der Waals surface area contributed by atoms with Gasteiger partial charge in [0, 0.05) is 51.4 Å². The van der Waals surface area contributed by atoms with Gasteiger partial charge in [0.15, 0.2) is 0 Å². The number of esters is 1. The van der Waals surface area contributed by atoms with Crippen molar-refractivity contribution in [2.75, 3.05) is 57.3 Å². The summed E-state index contributed by atoms with van der Waals surface area (Å²) in [6, 6.07) is 8.26. The number of carbonyl (C=O) groups is 3. The number of nitrogens with zero attached hydrogens (tertiary/aromatic N) is 3. The predicted molar refractivity (Wildman–Crippen MR) is 135 cm³/mol. The first-order chi connectivity index (χ1) is 16.7. The van der Waals surface area contributed by atoms with Crippen LogP contribution < -0.4 is 10.2 Å². The Balaban J connectivity index is 1.16. The van der Waals surface area contributed by atoms with E-state index in [9.17, 15) is 14.4 Å². The minimum Gasteiger partial charge on any atom is -0.460 e. The number of amides is 2. The highest BCUT2D eigenvalue weighted by molar-refractivity contribution is 6.00. The molecule has 0 spiro atoms. The molecule has 1 aromatic rings. The molecule has 8 nitrogen and oxygen atoms in total. The Bertz CT molecular complexity index is 895. The van der Waals surface area contributed by atoms with Crippen LogP contribution in [0.25, 0.3) is 0 Å². The van der Waals surface area contributed by atoms with Gasteiger partial charge >= 0.3 is 5.97 Å². The maximum absolute atomic E-state index is 12.3. The summed E-state index contributed by atoms with van der Waals surface area (Å²) < 4.78 is 5.56. The summed E-state index contributed by atoms with van der Waals surface area (Å²) >= 11 is 0. The molecule has 3 fully saturated rings. The van der Waals surface area contributed by atoms with Crippen molar-refractivity contribution < 1.29 is 19.1 Å². The van der Waals surface area contributed by atoms with Crippen LogP contribution >= 0.6 is 0 Å². The minimum atomic E-state index is -0.411. The smallest absolute Gasteiger partial charge is 0.309 e. The maximum Gasteiger partial charge on any atom is 0.309 e. The number of rotatable bonds is 6. The second-order valence-electron chi connectivity index (χ2n) is 11.1. The van der Waals surface area contributed by atoms with Crippen LogP contribution in [0.4, 0.5) is 5.69 Å². The second-order valence-corrected chi connectivity index (χ2v) is 11.1. The zero-order valence-electron chi connectivity index (χ0n) is 21.4. The van der Waals surface area contributed by atoms with Gasteiger partial charge in [-0.25, -0.2) is 0 Å². The number of benzene rings is 1. The highest BCUT2D eigenvalue weighted by atomic mass is 16.6. The van der Waals surface area contributed by atoms with Crippen molar-refractivity contribution in [1.82, 2.24) is 15.1 Å². The Labute approximate surface area is 209 Å². The zero-order valence-corrected chi connectivity index (χ0v) is 21.4. The number of ether oxygens (including phenoxy) is 1. The molecule has 0 saturated carbocycles. The Morgan fingerprint density at radius 2 is 1.51 bits per heavy atom. The molecule has 3 saturated heterocycles. The predicted octanol–water partition coefficient (Wildman–Crippen LogP) is 2.38. The highest BCUT2D eigenvalue weighted by Gasteiger charge is 2.30. The number of carbonyl (C=O) groups excluding carboxylic acids is 3. The first-order valence-electron chi connectivity index (χ1n) is 13.0. The van der Waals surface area contributed by atoms with Gasteiger partial charge in [0.2, 0.25) is 11.8 Å². The van der Waals surface area contributed by atoms with Gasteiger partial charge in [-0.3, -0.25) is 24.6 Å². The van der Waals surface area contributed by atoms with Gasteiger partial charge < -0.3 is 14.5 Å². The lowest BCUT2D eigenvalue weighted by atomic mass is 9.90. The molecule has 35 heavy (non-hydrogen) atoms. The van der Waals surface area contributed by atoms with Crippen molar-refractivity contribution in [3.05, 3.63) is 29.8 Å². The Morgan fingerprint density at radius 3 is 2.09 bits per heavy atom. The number of piperidine rings is 2. The summed E-state index contributed by atoms with van der Waals surface area (Å²) in [6.07, 6.45) is 2.76. The van der Waals surface area contributed by atoms with Crippen LogP contribution in [0.3, 0.4) is 0 Å². The fraction of sp³-hybridized carbons (Fsp3) is 0.667. The molecule has 0 radical (unpaired) electrons. The SMILES string of the molecule is CC(C)(C)OC(=O)C1CCN(CCN2CCN(c3ccc(C4CCC(=O)NC4=O)cc3)CC2)CC1. The van der Waals surface area contributed by atoms with Gasteiger partial charge in [0.05, 0.1) is 11.8 Å². The van der Waals surface area contributed by atoms with Crippen molar-refractivity contribution in [3.63, 3.8) is 0 Å². The van der Waals surface area contributed by atoms with Crippen LogP contribution in [0.1, 0.15) is 57.9 Å². The van der Waals surface area contributed by atoms with E-state index < -0.39 is 5.60 Å². The van der Waals surface area contributed by atoms with E-state index in [1.54, 1.807) is 0 Å². The van der Waals surface area contributed by atoms with Crippen LogP contribution in [-0.2, 0) is 19.1 Å². The Hall–Kier alpha value is -2.45. The molecule has 1 atom stereocenters. The molecule has 1 aromatic carbocycles. The first-order valence-corrected chi connectivity index (χ1v) is 13.0. The summed E-state index contributed by atoms with van der Waals surface area (Å²) in [7, 11) is 0. The lowest BCUT2D eigenvalue weighted by molar-refractivity contribution is -0.161. The van der Waals surface area contributed by atoms with Gasteiger partial charge in [-0.1, -0.05) is 12.1 Å². The van der Waals surface area contributed by atoms with Gasteiger partial charge in [-0.15, -0.1) is 0 Å². The van der Waals surface area contributed by atoms with Crippen LogP contribution in [-0.4, -0.2) is 85.5 Å². The molecule has 0 aliphatic carbocycles. The Morgan fingerprint density at radius 1 is 0.914 bits per heavy atom. The summed E-state index contributed by atoms with van der Waals surface area (Å²) in [6.45, 7) is 13.8. The van der Waals surface area contributed by atoms with Crippen molar-refractivity contribution in [1.29, 1.82) is 0 Å².